The van der Waals surface area contributed by atoms with E-state index >= 15 is 0 Å². The van der Waals surface area contributed by atoms with Crippen LogP contribution in [0.5, 0.6) is 0 Å². The molecule has 2 aliphatic carbocycles. The number of hydrogen-bond acceptors (Lipinski definition) is 0. The van der Waals surface area contributed by atoms with Crippen molar-refractivity contribution in [2.45, 2.75) is 72.6 Å². The van der Waals surface area contributed by atoms with Gasteiger partial charge >= 0.3 is 155 Å². The quantitative estimate of drug-likeness (QED) is 0.284. The number of hydrogen-bond donors (Lipinski definition) is 0. The minimum atomic E-state index is -3.76. The van der Waals surface area contributed by atoms with E-state index in [0.29, 0.717) is 0 Å². The fourth-order valence-electron chi connectivity index (χ4n) is 3.95. The van der Waals surface area contributed by atoms with Gasteiger partial charge in [-0.1, -0.05) is 0 Å². The molecule has 0 aromatic carbocycles. The van der Waals surface area contributed by atoms with E-state index in [1.807, 2.05) is 0 Å². The molecule has 0 nitrogen and oxygen atoms in total. The topological polar surface area (TPSA) is 0 Å². The minimum absolute atomic E-state index is 0.0601. The van der Waals surface area contributed by atoms with Crippen molar-refractivity contribution in [3.05, 3.63) is 47.6 Å². The van der Waals surface area contributed by atoms with Gasteiger partial charge in [-0.3, -0.25) is 0 Å². The number of halogens is 2. The van der Waals surface area contributed by atoms with Crippen molar-refractivity contribution in [1.29, 1.82) is 0 Å². The molecule has 2 aliphatic rings. The Balaban J connectivity index is 2.47. The summed E-state index contributed by atoms with van der Waals surface area (Å²) in [5.41, 5.74) is 2.64. The van der Waals surface area contributed by atoms with E-state index in [9.17, 15) is 0 Å². The first-order valence-corrected chi connectivity index (χ1v) is 21.5. The summed E-state index contributed by atoms with van der Waals surface area (Å²) in [7, 11) is 14.9. The molecule has 0 heterocycles. The van der Waals surface area contributed by atoms with Crippen molar-refractivity contribution in [3.63, 3.8) is 0 Å². The number of unbranched alkanes of at least 4 members (excludes halogenated alkanes) is 2. The van der Waals surface area contributed by atoms with Crippen LogP contribution in [0.1, 0.15) is 66.2 Å². The zero-order valence-electron chi connectivity index (χ0n) is 15.0. The SMILES string of the molecule is CCCC[C]1([Hf]([Cl])([Cl])[C]2(CCCC)C=CC(C)=C2)C=CC(C)=C1. The molecule has 0 aromatic heterocycles. The van der Waals surface area contributed by atoms with E-state index < -0.39 is 17.6 Å². The van der Waals surface area contributed by atoms with Crippen molar-refractivity contribution in [2.24, 2.45) is 0 Å². The standard InChI is InChI=1S/2C10H15.2ClH.Hf/c2*1-3-4-5-10-7-6-9(2)8-10;;;/h2*6-8H,3-5H2,1-2H3;2*1H;/q;;;;+2/p-2. The number of allylic oxidation sites excluding steroid dienone is 8. The van der Waals surface area contributed by atoms with E-state index in [1.54, 1.807) is 0 Å². The van der Waals surface area contributed by atoms with Crippen molar-refractivity contribution < 1.29 is 17.6 Å². The average molecular weight is 520 g/mol. The van der Waals surface area contributed by atoms with Crippen molar-refractivity contribution in [2.75, 3.05) is 0 Å². The van der Waals surface area contributed by atoms with Crippen molar-refractivity contribution in [3.8, 4) is 0 Å². The van der Waals surface area contributed by atoms with Crippen LogP contribution in [0.2, 0.25) is 6.34 Å². The molecular formula is C20H30Cl2Hf. The Morgan fingerprint density at radius 1 is 0.826 bits per heavy atom. The number of rotatable bonds is 8. The van der Waals surface area contributed by atoms with E-state index in [-0.39, 0.29) is 6.34 Å². The molecular weight excluding hydrogens is 490 g/mol. The molecule has 0 fully saturated rings. The van der Waals surface area contributed by atoms with Crippen LogP contribution in [0.3, 0.4) is 0 Å². The van der Waals surface area contributed by atoms with Crippen molar-refractivity contribution in [1.82, 2.24) is 0 Å². The zero-order chi connectivity index (χ0) is 17.1. The molecule has 0 N–H and O–H groups in total. The van der Waals surface area contributed by atoms with Gasteiger partial charge in [0.05, 0.1) is 0 Å². The third kappa shape index (κ3) is 3.67. The molecule has 128 valence electrons. The van der Waals surface area contributed by atoms with Crippen molar-refractivity contribution >= 4 is 17.2 Å². The Bertz CT molecular complexity index is 508. The van der Waals surface area contributed by atoms with Crippen LogP contribution in [0.4, 0.5) is 0 Å². The second-order valence-electron chi connectivity index (χ2n) is 7.31. The van der Waals surface area contributed by atoms with Gasteiger partial charge < -0.3 is 0 Å². The summed E-state index contributed by atoms with van der Waals surface area (Å²) in [6.45, 7) is 8.84. The molecule has 0 bridgehead atoms. The molecule has 3 heteroatoms. The Hall–Kier alpha value is 0.410. The fourth-order valence-corrected chi connectivity index (χ4v) is 22.6. The molecule has 0 saturated carbocycles. The van der Waals surface area contributed by atoms with Gasteiger partial charge in [-0.25, -0.2) is 0 Å². The first kappa shape index (κ1) is 19.7. The monoisotopic (exact) mass is 520 g/mol. The zero-order valence-corrected chi connectivity index (χ0v) is 20.1. The van der Waals surface area contributed by atoms with Gasteiger partial charge in [0.2, 0.25) is 0 Å². The molecule has 2 unspecified atom stereocenters. The third-order valence-corrected chi connectivity index (χ3v) is 29.3. The average Bonchev–Trinajstić information content (AvgIpc) is 3.08. The Kier molecular flexibility index (Phi) is 6.65. The van der Waals surface area contributed by atoms with E-state index in [4.69, 9.17) is 17.2 Å². The van der Waals surface area contributed by atoms with Crippen LogP contribution in [0.25, 0.3) is 0 Å². The predicted molar refractivity (Wildman–Crippen MR) is 102 cm³/mol. The molecule has 0 aliphatic heterocycles. The van der Waals surface area contributed by atoms with Gasteiger partial charge in [0, 0.05) is 0 Å². The molecule has 0 amide bonds. The molecule has 0 spiro atoms. The maximum atomic E-state index is 7.46. The molecule has 0 radical (unpaired) electrons. The Labute approximate surface area is 154 Å². The van der Waals surface area contributed by atoms with E-state index in [0.717, 1.165) is 12.8 Å². The third-order valence-electron chi connectivity index (χ3n) is 5.31. The van der Waals surface area contributed by atoms with Gasteiger partial charge in [-0.05, 0) is 0 Å². The van der Waals surface area contributed by atoms with Crippen LogP contribution in [-0.4, -0.2) is 0 Å². The van der Waals surface area contributed by atoms with E-state index in [1.165, 1.54) is 36.8 Å². The summed E-state index contributed by atoms with van der Waals surface area (Å²) < 4.78 is -0.120. The molecule has 0 aromatic rings. The summed E-state index contributed by atoms with van der Waals surface area (Å²) in [6, 6.07) is 0. The molecule has 2 rings (SSSR count). The summed E-state index contributed by atoms with van der Waals surface area (Å²) in [5, 5.41) is 0. The maximum absolute atomic E-state index is 7.46. The summed E-state index contributed by atoms with van der Waals surface area (Å²) >= 11 is -3.76. The van der Waals surface area contributed by atoms with Gasteiger partial charge in [0.1, 0.15) is 0 Å². The van der Waals surface area contributed by atoms with Crippen LogP contribution >= 0.6 is 17.2 Å². The summed E-state index contributed by atoms with van der Waals surface area (Å²) in [5.74, 6) is 0. The second kappa shape index (κ2) is 7.75. The normalized spacial score (nSPS) is 30.0. The predicted octanol–water partition coefficient (Wildman–Crippen LogP) is 8.18. The Morgan fingerprint density at radius 3 is 1.48 bits per heavy atom. The summed E-state index contributed by atoms with van der Waals surface area (Å²) in [4.78, 5) is 0. The Morgan fingerprint density at radius 2 is 1.22 bits per heavy atom. The molecule has 23 heavy (non-hydrogen) atoms. The fraction of sp³-hybridized carbons (Fsp3) is 0.600. The van der Waals surface area contributed by atoms with Gasteiger partial charge in [-0.2, -0.15) is 0 Å². The van der Waals surface area contributed by atoms with Crippen LogP contribution in [0, 0.1) is 0 Å². The first-order valence-electron chi connectivity index (χ1n) is 8.98. The first-order chi connectivity index (χ1) is 10.8. The molecule has 2 atom stereocenters. The van der Waals surface area contributed by atoms with Crippen LogP contribution < -0.4 is 0 Å². The van der Waals surface area contributed by atoms with Gasteiger partial charge in [0.15, 0.2) is 0 Å². The van der Waals surface area contributed by atoms with Crippen LogP contribution in [-0.2, 0) is 17.6 Å². The van der Waals surface area contributed by atoms with Crippen LogP contribution in [0.15, 0.2) is 47.6 Å². The van der Waals surface area contributed by atoms with E-state index in [2.05, 4.69) is 64.2 Å². The molecule has 0 saturated heterocycles. The van der Waals surface area contributed by atoms with Gasteiger partial charge in [-0.15, -0.1) is 0 Å². The second-order valence-corrected chi connectivity index (χ2v) is 29.0. The summed E-state index contributed by atoms with van der Waals surface area (Å²) in [6.07, 6.45) is 20.9. The van der Waals surface area contributed by atoms with Gasteiger partial charge in [0.25, 0.3) is 0 Å².